The summed E-state index contributed by atoms with van der Waals surface area (Å²) >= 11 is 0. The summed E-state index contributed by atoms with van der Waals surface area (Å²) < 4.78 is 56.2. The molecule has 3 amide bonds. The number of hydrogen-bond acceptors (Lipinski definition) is 5. The number of likely N-dealkylation sites (N-methyl/N-ethyl adjacent to an activating group) is 1. The average Bonchev–Trinajstić information content (AvgIpc) is 3.89. The number of hydrogen-bond donors (Lipinski definition) is 3. The quantitative estimate of drug-likeness (QED) is 0.274. The molecule has 4 rings (SSSR count). The third kappa shape index (κ3) is 8.33. The van der Waals surface area contributed by atoms with Gasteiger partial charge in [-0.25, -0.2) is 4.39 Å². The monoisotopic (exact) mass is 608 g/mol. The van der Waals surface area contributed by atoms with Gasteiger partial charge in [0.05, 0.1) is 11.6 Å². The van der Waals surface area contributed by atoms with E-state index in [1.54, 1.807) is 17.8 Å². The largest absolute Gasteiger partial charge is 0.406 e. The fraction of sp³-hybridized carbons (Fsp3) is 0.600. The highest BCUT2D eigenvalue weighted by Gasteiger charge is 2.48. The molecule has 2 aliphatic carbocycles. The predicted molar refractivity (Wildman–Crippen MR) is 153 cm³/mol. The number of aromatic nitrogens is 2. The average molecular weight is 609 g/mol. The first-order chi connectivity index (χ1) is 20.3. The van der Waals surface area contributed by atoms with Gasteiger partial charge in [0.1, 0.15) is 24.1 Å². The normalized spacial score (nSPS) is 16.7. The van der Waals surface area contributed by atoms with Crippen LogP contribution in [-0.2, 0) is 9.59 Å². The molecule has 1 aromatic carbocycles. The lowest BCUT2D eigenvalue weighted by molar-refractivity contribution is -0.161. The number of alkyl halides is 3. The van der Waals surface area contributed by atoms with Gasteiger partial charge in [-0.2, -0.15) is 18.3 Å². The second kappa shape index (κ2) is 13.4. The fourth-order valence-corrected chi connectivity index (χ4v) is 5.61. The number of halogens is 4. The molecule has 13 heteroatoms. The van der Waals surface area contributed by atoms with E-state index in [-0.39, 0.29) is 36.3 Å². The molecule has 2 aliphatic rings. The Bertz CT molecular complexity index is 1290. The summed E-state index contributed by atoms with van der Waals surface area (Å²) in [5.74, 6) is -3.17. The molecule has 0 saturated heterocycles. The molecule has 1 heterocycles. The van der Waals surface area contributed by atoms with Crippen molar-refractivity contribution in [1.82, 2.24) is 25.3 Å². The van der Waals surface area contributed by atoms with Crippen LogP contribution >= 0.6 is 0 Å². The molecule has 0 spiro atoms. The predicted octanol–water partition coefficient (Wildman–Crippen LogP) is 4.49. The van der Waals surface area contributed by atoms with Gasteiger partial charge in [0.2, 0.25) is 11.8 Å². The third-order valence-electron chi connectivity index (χ3n) is 8.11. The standard InChI is InChI=1S/C30H40F4N6O3/c1-17(2)40-24(11-12-36-40)27(41)38-26(25(19-5-6-19)20-7-8-20)28(42)37-23-10-9-21(15-22(23)31)18(3)29(43)39(14-13-35-4)16-30(32,33)34/h9-12,15,17-20,25-26,35H,5-8,13-14,16H2,1-4H3,(H,37,42)(H,38,41)/t18-,26-/m0/s1. The molecular formula is C30H40F4N6O3. The summed E-state index contributed by atoms with van der Waals surface area (Å²) in [5, 5.41) is 12.5. The third-order valence-corrected chi connectivity index (χ3v) is 8.11. The Morgan fingerprint density at radius 2 is 1.72 bits per heavy atom. The summed E-state index contributed by atoms with van der Waals surface area (Å²) in [4.78, 5) is 40.6. The maximum Gasteiger partial charge on any atom is 0.406 e. The van der Waals surface area contributed by atoms with Crippen LogP contribution in [0.2, 0.25) is 0 Å². The van der Waals surface area contributed by atoms with Gasteiger partial charge in [0.25, 0.3) is 5.91 Å². The fourth-order valence-electron chi connectivity index (χ4n) is 5.61. The summed E-state index contributed by atoms with van der Waals surface area (Å²) in [6.07, 6.45) is 0.772. The van der Waals surface area contributed by atoms with E-state index >= 15 is 4.39 Å². The van der Waals surface area contributed by atoms with Crippen LogP contribution in [-0.4, -0.2) is 71.3 Å². The molecular weight excluding hydrogens is 568 g/mol. The van der Waals surface area contributed by atoms with E-state index in [0.717, 1.165) is 31.7 Å². The van der Waals surface area contributed by atoms with Crippen molar-refractivity contribution in [3.8, 4) is 0 Å². The van der Waals surface area contributed by atoms with E-state index in [1.165, 1.54) is 25.3 Å². The van der Waals surface area contributed by atoms with Gasteiger partial charge in [-0.1, -0.05) is 6.07 Å². The molecule has 2 aromatic rings. The van der Waals surface area contributed by atoms with Crippen molar-refractivity contribution in [3.63, 3.8) is 0 Å². The van der Waals surface area contributed by atoms with Crippen LogP contribution in [0.1, 0.15) is 74.5 Å². The molecule has 2 saturated carbocycles. The van der Waals surface area contributed by atoms with E-state index in [4.69, 9.17) is 0 Å². The van der Waals surface area contributed by atoms with E-state index in [2.05, 4.69) is 21.0 Å². The van der Waals surface area contributed by atoms with Gasteiger partial charge in [-0.15, -0.1) is 0 Å². The smallest absolute Gasteiger partial charge is 0.339 e. The number of nitrogens with zero attached hydrogens (tertiary/aromatic N) is 3. The van der Waals surface area contributed by atoms with Gasteiger partial charge < -0.3 is 20.9 Å². The number of carbonyl (C=O) groups is 3. The van der Waals surface area contributed by atoms with E-state index in [9.17, 15) is 27.6 Å². The maximum absolute atomic E-state index is 15.3. The van der Waals surface area contributed by atoms with Gasteiger partial charge in [0, 0.05) is 25.3 Å². The van der Waals surface area contributed by atoms with Crippen LogP contribution in [0.25, 0.3) is 0 Å². The molecule has 0 unspecified atom stereocenters. The Morgan fingerprint density at radius 3 is 2.26 bits per heavy atom. The molecule has 0 bridgehead atoms. The van der Waals surface area contributed by atoms with Crippen molar-refractivity contribution in [1.29, 1.82) is 0 Å². The number of rotatable bonds is 14. The lowest BCUT2D eigenvalue weighted by Crippen LogP contribution is -2.50. The number of benzene rings is 1. The first-order valence-corrected chi connectivity index (χ1v) is 14.8. The highest BCUT2D eigenvalue weighted by atomic mass is 19.4. The maximum atomic E-state index is 15.3. The van der Waals surface area contributed by atoms with Gasteiger partial charge >= 0.3 is 6.18 Å². The molecule has 0 aliphatic heterocycles. The van der Waals surface area contributed by atoms with Crippen LogP contribution in [0, 0.1) is 23.6 Å². The topological polar surface area (TPSA) is 108 Å². The number of anilines is 1. The van der Waals surface area contributed by atoms with Gasteiger partial charge in [-0.05, 0) is 95.0 Å². The van der Waals surface area contributed by atoms with E-state index < -0.39 is 48.2 Å². The number of amides is 3. The second-order valence-corrected chi connectivity index (χ2v) is 11.9. The Kier molecular flexibility index (Phi) is 10.1. The SMILES string of the molecule is CNCCN(CC(F)(F)F)C(=O)[C@@H](C)c1ccc(NC(=O)[C@@H](NC(=O)c2ccnn2C(C)C)C(C2CC2)C2CC2)c(F)c1. The number of nitrogens with one attached hydrogen (secondary N) is 3. The first-order valence-electron chi connectivity index (χ1n) is 14.8. The summed E-state index contributed by atoms with van der Waals surface area (Å²) in [7, 11) is 1.57. The van der Waals surface area contributed by atoms with Crippen LogP contribution in [0.3, 0.4) is 0 Å². The van der Waals surface area contributed by atoms with Crippen molar-refractivity contribution in [2.75, 3.05) is 32.0 Å². The Balaban J connectivity index is 1.51. The summed E-state index contributed by atoms with van der Waals surface area (Å²) in [6, 6.07) is 4.38. The van der Waals surface area contributed by atoms with Gasteiger partial charge in [-0.3, -0.25) is 19.1 Å². The molecule has 43 heavy (non-hydrogen) atoms. The molecule has 0 radical (unpaired) electrons. The zero-order valence-electron chi connectivity index (χ0n) is 24.9. The minimum atomic E-state index is -4.58. The van der Waals surface area contributed by atoms with Crippen molar-refractivity contribution >= 4 is 23.4 Å². The van der Waals surface area contributed by atoms with Crippen LogP contribution < -0.4 is 16.0 Å². The highest BCUT2D eigenvalue weighted by molar-refractivity contribution is 6.01. The Hall–Kier alpha value is -3.48. The van der Waals surface area contributed by atoms with Crippen molar-refractivity contribution < 1.29 is 31.9 Å². The molecule has 3 N–H and O–H groups in total. The summed E-state index contributed by atoms with van der Waals surface area (Å²) in [5.41, 5.74) is 0.354. The van der Waals surface area contributed by atoms with Crippen LogP contribution in [0.15, 0.2) is 30.5 Å². The zero-order chi connectivity index (χ0) is 31.5. The second-order valence-electron chi connectivity index (χ2n) is 11.9. The molecule has 2 atom stereocenters. The van der Waals surface area contributed by atoms with Crippen molar-refractivity contribution in [2.24, 2.45) is 17.8 Å². The highest BCUT2D eigenvalue weighted by Crippen LogP contribution is 2.51. The lowest BCUT2D eigenvalue weighted by Gasteiger charge is -2.28. The van der Waals surface area contributed by atoms with Gasteiger partial charge in [0.15, 0.2) is 0 Å². The van der Waals surface area contributed by atoms with Crippen molar-refractivity contribution in [3.05, 3.63) is 47.5 Å². The Labute approximate surface area is 248 Å². The minimum absolute atomic E-state index is 0.0728. The zero-order valence-corrected chi connectivity index (χ0v) is 24.9. The van der Waals surface area contributed by atoms with E-state index in [1.807, 2.05) is 13.8 Å². The Morgan fingerprint density at radius 1 is 1.07 bits per heavy atom. The molecule has 1 aromatic heterocycles. The van der Waals surface area contributed by atoms with E-state index in [0.29, 0.717) is 22.4 Å². The molecule has 236 valence electrons. The molecule has 9 nitrogen and oxygen atoms in total. The minimum Gasteiger partial charge on any atom is -0.339 e. The van der Waals surface area contributed by atoms with Crippen molar-refractivity contribution in [2.45, 2.75) is 70.6 Å². The number of carbonyl (C=O) groups excluding carboxylic acids is 3. The molecule has 2 fully saturated rings. The van der Waals surface area contributed by atoms with Crippen LogP contribution in [0.4, 0.5) is 23.2 Å². The van der Waals surface area contributed by atoms with Crippen LogP contribution in [0.5, 0.6) is 0 Å². The lowest BCUT2D eigenvalue weighted by atomic mass is 9.88. The summed E-state index contributed by atoms with van der Waals surface area (Å²) in [6.45, 7) is 3.78. The first kappa shape index (κ1) is 32.4.